The Kier molecular flexibility index (Phi) is 3.03. The van der Waals surface area contributed by atoms with Crippen molar-refractivity contribution < 1.29 is 4.79 Å². The van der Waals surface area contributed by atoms with Crippen LogP contribution in [0.1, 0.15) is 28.2 Å². The van der Waals surface area contributed by atoms with Crippen LogP contribution < -0.4 is 5.32 Å². The minimum Gasteiger partial charge on any atom is -0.349 e. The lowest BCUT2D eigenvalue weighted by Crippen LogP contribution is -2.40. The number of pyridine rings is 1. The zero-order valence-electron chi connectivity index (χ0n) is 10.8. The highest BCUT2D eigenvalue weighted by molar-refractivity contribution is 5.95. The van der Waals surface area contributed by atoms with Crippen LogP contribution >= 0.6 is 0 Å². The lowest BCUT2D eigenvalue weighted by atomic mass is 10.0. The summed E-state index contributed by atoms with van der Waals surface area (Å²) >= 11 is 0. The molecule has 0 bridgehead atoms. The molecule has 5 nitrogen and oxygen atoms in total. The highest BCUT2D eigenvalue weighted by atomic mass is 16.1. The first-order chi connectivity index (χ1) is 9.24. The summed E-state index contributed by atoms with van der Waals surface area (Å²) in [7, 11) is 0. The van der Waals surface area contributed by atoms with Crippen LogP contribution in [-0.4, -0.2) is 26.5 Å². The Labute approximate surface area is 111 Å². The third-order valence-electron chi connectivity index (χ3n) is 3.57. The molecule has 0 radical (unpaired) electrons. The molecule has 3 heterocycles. The van der Waals surface area contributed by atoms with E-state index >= 15 is 0 Å². The summed E-state index contributed by atoms with van der Waals surface area (Å²) in [5.41, 5.74) is 1.60. The fourth-order valence-electron chi connectivity index (χ4n) is 2.44. The summed E-state index contributed by atoms with van der Waals surface area (Å²) in [5.74, 6) is 0.995. The van der Waals surface area contributed by atoms with E-state index in [1.807, 2.05) is 25.4 Å². The van der Waals surface area contributed by atoms with Crippen molar-refractivity contribution in [2.24, 2.45) is 0 Å². The lowest BCUT2D eigenvalue weighted by molar-refractivity contribution is 0.0929. The molecule has 0 saturated heterocycles. The van der Waals surface area contributed by atoms with Crippen molar-refractivity contribution in [1.82, 2.24) is 19.9 Å². The van der Waals surface area contributed by atoms with Crippen LogP contribution in [0.2, 0.25) is 0 Å². The van der Waals surface area contributed by atoms with Gasteiger partial charge in [0.1, 0.15) is 5.82 Å². The minimum atomic E-state index is -0.0457. The SMILES string of the molecule is Cc1ccncc1C(=O)NC1CCn2ccnc2C1. The molecule has 1 N–H and O–H groups in total. The molecule has 1 unspecified atom stereocenters. The molecule has 19 heavy (non-hydrogen) atoms. The van der Waals surface area contributed by atoms with Gasteiger partial charge < -0.3 is 9.88 Å². The monoisotopic (exact) mass is 256 g/mol. The molecule has 2 aromatic rings. The smallest absolute Gasteiger partial charge is 0.253 e. The summed E-state index contributed by atoms with van der Waals surface area (Å²) in [6.07, 6.45) is 8.84. The van der Waals surface area contributed by atoms with Gasteiger partial charge in [-0.15, -0.1) is 0 Å². The maximum absolute atomic E-state index is 12.2. The quantitative estimate of drug-likeness (QED) is 0.882. The van der Waals surface area contributed by atoms with E-state index in [2.05, 4.69) is 19.9 Å². The van der Waals surface area contributed by atoms with Gasteiger partial charge >= 0.3 is 0 Å². The second-order valence-corrected chi connectivity index (χ2v) is 4.89. The van der Waals surface area contributed by atoms with Gasteiger partial charge in [0.25, 0.3) is 5.91 Å². The number of carbonyl (C=O) groups is 1. The van der Waals surface area contributed by atoms with Crippen LogP contribution in [0.4, 0.5) is 0 Å². The summed E-state index contributed by atoms with van der Waals surface area (Å²) in [5, 5.41) is 3.07. The first-order valence-electron chi connectivity index (χ1n) is 6.45. The second-order valence-electron chi connectivity index (χ2n) is 4.89. The van der Waals surface area contributed by atoms with Gasteiger partial charge in [0, 0.05) is 43.8 Å². The van der Waals surface area contributed by atoms with E-state index in [9.17, 15) is 4.79 Å². The van der Waals surface area contributed by atoms with Crippen molar-refractivity contribution in [2.45, 2.75) is 32.4 Å². The van der Waals surface area contributed by atoms with E-state index in [1.54, 1.807) is 12.4 Å². The Morgan fingerprint density at radius 3 is 3.21 bits per heavy atom. The van der Waals surface area contributed by atoms with Crippen LogP contribution in [-0.2, 0) is 13.0 Å². The Morgan fingerprint density at radius 2 is 2.37 bits per heavy atom. The number of amides is 1. The van der Waals surface area contributed by atoms with Crippen molar-refractivity contribution in [3.63, 3.8) is 0 Å². The highest BCUT2D eigenvalue weighted by Gasteiger charge is 2.21. The van der Waals surface area contributed by atoms with E-state index in [-0.39, 0.29) is 11.9 Å². The maximum atomic E-state index is 12.2. The molecule has 1 aliphatic heterocycles. The van der Waals surface area contributed by atoms with Crippen molar-refractivity contribution in [2.75, 3.05) is 0 Å². The van der Waals surface area contributed by atoms with E-state index in [4.69, 9.17) is 0 Å². The average molecular weight is 256 g/mol. The van der Waals surface area contributed by atoms with Crippen molar-refractivity contribution in [3.05, 3.63) is 47.8 Å². The molecule has 0 spiro atoms. The summed E-state index contributed by atoms with van der Waals surface area (Å²) in [6, 6.07) is 2.00. The molecular formula is C14H16N4O. The number of imidazole rings is 1. The van der Waals surface area contributed by atoms with Crippen LogP contribution in [0.3, 0.4) is 0 Å². The van der Waals surface area contributed by atoms with E-state index < -0.39 is 0 Å². The summed E-state index contributed by atoms with van der Waals surface area (Å²) < 4.78 is 2.14. The van der Waals surface area contributed by atoms with Gasteiger partial charge in [-0.05, 0) is 25.0 Å². The van der Waals surface area contributed by atoms with Gasteiger partial charge in [-0.1, -0.05) is 0 Å². The lowest BCUT2D eigenvalue weighted by Gasteiger charge is -2.24. The molecule has 2 aromatic heterocycles. The zero-order valence-corrected chi connectivity index (χ0v) is 10.8. The first kappa shape index (κ1) is 11.9. The molecule has 0 saturated carbocycles. The van der Waals surface area contributed by atoms with Gasteiger partial charge in [-0.25, -0.2) is 4.98 Å². The number of carbonyl (C=O) groups excluding carboxylic acids is 1. The third kappa shape index (κ3) is 2.36. The van der Waals surface area contributed by atoms with E-state index in [0.29, 0.717) is 5.56 Å². The van der Waals surface area contributed by atoms with Gasteiger partial charge in [-0.3, -0.25) is 9.78 Å². The highest BCUT2D eigenvalue weighted by Crippen LogP contribution is 2.14. The Hall–Kier alpha value is -2.17. The Bertz CT molecular complexity index is 605. The molecule has 1 atom stereocenters. The number of fused-ring (bicyclic) bond motifs is 1. The Morgan fingerprint density at radius 1 is 1.47 bits per heavy atom. The zero-order chi connectivity index (χ0) is 13.2. The fraction of sp³-hybridized carbons (Fsp3) is 0.357. The molecule has 0 aromatic carbocycles. The Balaban J connectivity index is 1.70. The normalized spacial score (nSPS) is 17.8. The third-order valence-corrected chi connectivity index (χ3v) is 3.57. The number of hydrogen-bond donors (Lipinski definition) is 1. The molecule has 5 heteroatoms. The molecule has 0 fully saturated rings. The number of hydrogen-bond acceptors (Lipinski definition) is 3. The number of nitrogens with zero attached hydrogens (tertiary/aromatic N) is 3. The fourth-order valence-corrected chi connectivity index (χ4v) is 2.44. The van der Waals surface area contributed by atoms with Gasteiger partial charge in [0.15, 0.2) is 0 Å². The predicted octanol–water partition coefficient (Wildman–Crippen LogP) is 1.33. The average Bonchev–Trinajstić information content (AvgIpc) is 2.86. The molecule has 98 valence electrons. The van der Waals surface area contributed by atoms with E-state index in [1.165, 1.54) is 0 Å². The molecule has 0 aliphatic carbocycles. The number of rotatable bonds is 2. The van der Waals surface area contributed by atoms with E-state index in [0.717, 1.165) is 30.8 Å². The largest absolute Gasteiger partial charge is 0.349 e. The maximum Gasteiger partial charge on any atom is 0.253 e. The van der Waals surface area contributed by atoms with Crippen LogP contribution in [0, 0.1) is 6.92 Å². The molecule has 3 rings (SSSR count). The van der Waals surface area contributed by atoms with Crippen molar-refractivity contribution in [3.8, 4) is 0 Å². The molecule has 1 aliphatic rings. The van der Waals surface area contributed by atoms with Crippen LogP contribution in [0.25, 0.3) is 0 Å². The van der Waals surface area contributed by atoms with Crippen molar-refractivity contribution >= 4 is 5.91 Å². The summed E-state index contributed by atoms with van der Waals surface area (Å²) in [4.78, 5) is 20.5. The summed E-state index contributed by atoms with van der Waals surface area (Å²) in [6.45, 7) is 2.83. The number of aromatic nitrogens is 3. The van der Waals surface area contributed by atoms with Gasteiger partial charge in [-0.2, -0.15) is 0 Å². The molecular weight excluding hydrogens is 240 g/mol. The second kappa shape index (κ2) is 4.84. The van der Waals surface area contributed by atoms with Crippen LogP contribution in [0.15, 0.2) is 30.9 Å². The van der Waals surface area contributed by atoms with Crippen molar-refractivity contribution in [1.29, 1.82) is 0 Å². The number of nitrogens with one attached hydrogen (secondary N) is 1. The first-order valence-corrected chi connectivity index (χ1v) is 6.45. The van der Waals surface area contributed by atoms with Gasteiger partial charge in [0.2, 0.25) is 0 Å². The molecule has 1 amide bonds. The van der Waals surface area contributed by atoms with Gasteiger partial charge in [0.05, 0.1) is 5.56 Å². The standard InChI is InChI=1S/C14H16N4O/c1-10-2-4-15-9-12(10)14(19)17-11-3-6-18-7-5-16-13(18)8-11/h2,4-5,7,9,11H,3,6,8H2,1H3,(H,17,19). The number of aryl methyl sites for hydroxylation is 2. The predicted molar refractivity (Wildman–Crippen MR) is 70.8 cm³/mol. The van der Waals surface area contributed by atoms with Crippen LogP contribution in [0.5, 0.6) is 0 Å². The minimum absolute atomic E-state index is 0.0457. The topological polar surface area (TPSA) is 59.8 Å².